The second-order valence-corrected chi connectivity index (χ2v) is 17.3. The van der Waals surface area contributed by atoms with Gasteiger partial charge in [0, 0.05) is 74.6 Å². The monoisotopic (exact) mass is 764 g/mol. The van der Waals surface area contributed by atoms with Gasteiger partial charge in [-0.3, -0.25) is 24.8 Å². The first-order valence-electron chi connectivity index (χ1n) is 19.5. The molecule has 1 atom stereocenters. The van der Waals surface area contributed by atoms with Crippen LogP contribution in [0.1, 0.15) is 73.3 Å². The number of nitrogens with zero attached hydrogens (tertiary/aromatic N) is 4. The number of hydrogen-bond donors (Lipinski definition) is 2. The molecule has 1 aromatic heterocycles. The molecule has 1 aliphatic carbocycles. The zero-order valence-corrected chi connectivity index (χ0v) is 31.8. The van der Waals surface area contributed by atoms with E-state index in [0.717, 1.165) is 57.1 Å². The van der Waals surface area contributed by atoms with Gasteiger partial charge in [-0.2, -0.15) is 0 Å². The van der Waals surface area contributed by atoms with E-state index in [1.54, 1.807) is 12.1 Å². The number of pyridine rings is 1. The minimum absolute atomic E-state index is 0.192. The number of carbonyl (C=O) groups is 1. The highest BCUT2D eigenvalue weighted by Crippen LogP contribution is 2.54. The van der Waals surface area contributed by atoms with E-state index in [-0.39, 0.29) is 21.8 Å². The third-order valence-electron chi connectivity index (χ3n) is 12.4. The third-order valence-corrected chi connectivity index (χ3v) is 13.7. The number of aromatic nitrogens is 1. The maximum absolute atomic E-state index is 13.2. The van der Waals surface area contributed by atoms with Crippen molar-refractivity contribution in [3.05, 3.63) is 112 Å². The molecule has 3 saturated heterocycles. The number of hydrogen-bond acceptors (Lipinski definition) is 10. The first-order valence-corrected chi connectivity index (χ1v) is 20.9. The van der Waals surface area contributed by atoms with Crippen molar-refractivity contribution in [1.29, 1.82) is 0 Å². The molecule has 1 amide bonds. The van der Waals surface area contributed by atoms with E-state index in [1.165, 1.54) is 54.5 Å². The Labute approximate surface area is 322 Å². The SMILES string of the molecule is O=C(NS(=O)(=O)c1ccc(NCC2CCOCC2)c([N+](=O)[O-])c1)c1ccc(N2CCC3(CC2)CC(N2CCC[C@H]2c2ccccc2-c2ccncc2)C3)cc1. The second kappa shape index (κ2) is 15.7. The van der Waals surface area contributed by atoms with Gasteiger partial charge in [0.05, 0.1) is 9.82 Å². The topological polar surface area (TPSA) is 147 Å². The van der Waals surface area contributed by atoms with Crippen molar-refractivity contribution in [2.75, 3.05) is 49.6 Å². The van der Waals surface area contributed by atoms with E-state index in [0.29, 0.717) is 43.2 Å². The molecule has 55 heavy (non-hydrogen) atoms. The first-order chi connectivity index (χ1) is 26.7. The summed E-state index contributed by atoms with van der Waals surface area (Å²) >= 11 is 0. The fraction of sp³-hybridized carbons (Fsp3) is 0.429. The van der Waals surface area contributed by atoms with Crippen LogP contribution in [-0.4, -0.2) is 74.6 Å². The van der Waals surface area contributed by atoms with Crippen LogP contribution in [0.5, 0.6) is 0 Å². The highest BCUT2D eigenvalue weighted by molar-refractivity contribution is 7.90. The van der Waals surface area contributed by atoms with Crippen LogP contribution in [0.4, 0.5) is 17.1 Å². The lowest BCUT2D eigenvalue weighted by molar-refractivity contribution is -0.384. The molecule has 12 nitrogen and oxygen atoms in total. The number of amides is 1. The summed E-state index contributed by atoms with van der Waals surface area (Å²) in [5.41, 5.74) is 5.37. The highest BCUT2D eigenvalue weighted by atomic mass is 32.2. The number of nitro benzene ring substituents is 1. The van der Waals surface area contributed by atoms with Crippen LogP contribution in [0.15, 0.2) is 96.2 Å². The average molecular weight is 765 g/mol. The molecule has 3 aliphatic heterocycles. The van der Waals surface area contributed by atoms with Gasteiger partial charge >= 0.3 is 0 Å². The Kier molecular flexibility index (Phi) is 10.6. The zero-order valence-electron chi connectivity index (χ0n) is 30.9. The highest BCUT2D eigenvalue weighted by Gasteiger charge is 2.50. The number of benzene rings is 3. The van der Waals surface area contributed by atoms with Crippen LogP contribution in [0.2, 0.25) is 0 Å². The number of nitro groups is 1. The maximum Gasteiger partial charge on any atom is 0.293 e. The molecule has 3 aromatic carbocycles. The van der Waals surface area contributed by atoms with Crippen molar-refractivity contribution in [2.24, 2.45) is 11.3 Å². The number of piperidine rings is 1. The summed E-state index contributed by atoms with van der Waals surface area (Å²) in [6.45, 7) is 4.83. The smallest absolute Gasteiger partial charge is 0.293 e. The summed E-state index contributed by atoms with van der Waals surface area (Å²) in [6, 6.07) is 24.7. The summed E-state index contributed by atoms with van der Waals surface area (Å²) < 4.78 is 33.8. The Morgan fingerprint density at radius 1 is 0.927 bits per heavy atom. The number of nitrogens with one attached hydrogen (secondary N) is 2. The van der Waals surface area contributed by atoms with Gasteiger partial charge < -0.3 is 15.0 Å². The fourth-order valence-electron chi connectivity index (χ4n) is 9.21. The van der Waals surface area contributed by atoms with E-state index in [9.17, 15) is 23.3 Å². The van der Waals surface area contributed by atoms with Gasteiger partial charge in [0.1, 0.15) is 5.69 Å². The molecule has 1 saturated carbocycles. The molecule has 4 aliphatic rings. The molecule has 13 heteroatoms. The van der Waals surface area contributed by atoms with Gasteiger partial charge in [-0.1, -0.05) is 24.3 Å². The van der Waals surface area contributed by atoms with E-state index < -0.39 is 20.9 Å². The number of sulfonamides is 1. The van der Waals surface area contributed by atoms with Crippen molar-refractivity contribution in [1.82, 2.24) is 14.6 Å². The van der Waals surface area contributed by atoms with Crippen LogP contribution in [-0.2, 0) is 14.8 Å². The van der Waals surface area contributed by atoms with Crippen LogP contribution in [0.25, 0.3) is 11.1 Å². The minimum Gasteiger partial charge on any atom is -0.381 e. The molecule has 1 spiro atoms. The number of carbonyl (C=O) groups excluding carboxylic acids is 1. The number of anilines is 2. The van der Waals surface area contributed by atoms with Gasteiger partial charge in [0.25, 0.3) is 21.6 Å². The Bertz CT molecular complexity index is 2110. The van der Waals surface area contributed by atoms with E-state index in [1.807, 2.05) is 24.5 Å². The first kappa shape index (κ1) is 37.1. The van der Waals surface area contributed by atoms with Crippen molar-refractivity contribution in [2.45, 2.75) is 68.3 Å². The van der Waals surface area contributed by atoms with Gasteiger partial charge in [0.2, 0.25) is 0 Å². The van der Waals surface area contributed by atoms with Crippen LogP contribution < -0.4 is 14.9 Å². The largest absolute Gasteiger partial charge is 0.381 e. The molecule has 4 fully saturated rings. The van der Waals surface area contributed by atoms with E-state index in [4.69, 9.17) is 4.74 Å². The Hall–Kier alpha value is -4.85. The maximum atomic E-state index is 13.2. The Balaban J connectivity index is 0.849. The van der Waals surface area contributed by atoms with Gasteiger partial charge in [-0.05, 0) is 134 Å². The molecular weight excluding hydrogens is 717 g/mol. The molecule has 0 radical (unpaired) electrons. The molecular formula is C42H48N6O6S. The van der Waals surface area contributed by atoms with E-state index >= 15 is 0 Å². The lowest BCUT2D eigenvalue weighted by Crippen LogP contribution is -2.54. The molecule has 2 N–H and O–H groups in total. The molecule has 8 rings (SSSR count). The van der Waals surface area contributed by atoms with Crippen molar-refractivity contribution >= 4 is 33.0 Å². The third kappa shape index (κ3) is 7.96. The average Bonchev–Trinajstić information content (AvgIpc) is 3.69. The van der Waals surface area contributed by atoms with Gasteiger partial charge in [-0.15, -0.1) is 0 Å². The molecule has 0 unspecified atom stereocenters. The lowest BCUT2D eigenvalue weighted by Gasteiger charge is -2.56. The van der Waals surface area contributed by atoms with Crippen LogP contribution in [0, 0.1) is 21.4 Å². The normalized spacial score (nSPS) is 20.6. The standard InChI is InChI=1S/C42H48N6O6S/c49-41(45-55(52,53)35-11-12-38(40(26-35)48(50)51)44-29-30-15-24-54-25-16-30)32-7-9-33(10-8-32)46-22-17-42(18-23-46)27-34(28-42)47-21-3-6-39(47)37-5-2-1-4-36(37)31-13-19-43-20-14-31/h1-2,4-5,7-14,19-20,26,30,34,39,44H,3,6,15-18,21-25,27-29H2,(H,45,49)/t39-/m0/s1. The van der Waals surface area contributed by atoms with Gasteiger partial charge in [-0.25, -0.2) is 13.1 Å². The van der Waals surface area contributed by atoms with Crippen molar-refractivity contribution < 1.29 is 22.9 Å². The molecule has 288 valence electrons. The van der Waals surface area contributed by atoms with Gasteiger partial charge in [0.15, 0.2) is 0 Å². The molecule has 4 aromatic rings. The van der Waals surface area contributed by atoms with E-state index in [2.05, 4.69) is 61.2 Å². The van der Waals surface area contributed by atoms with Crippen LogP contribution >= 0.6 is 0 Å². The Morgan fingerprint density at radius 3 is 2.38 bits per heavy atom. The lowest BCUT2D eigenvalue weighted by atomic mass is 9.59. The zero-order chi connectivity index (χ0) is 38.0. The van der Waals surface area contributed by atoms with Crippen molar-refractivity contribution in [3.63, 3.8) is 0 Å². The summed E-state index contributed by atoms with van der Waals surface area (Å²) in [7, 11) is -4.37. The molecule has 4 heterocycles. The summed E-state index contributed by atoms with van der Waals surface area (Å²) in [6.07, 6.45) is 12.5. The summed E-state index contributed by atoms with van der Waals surface area (Å²) in [4.78, 5) is 33.3. The fourth-order valence-corrected chi connectivity index (χ4v) is 10.2. The predicted octanol–water partition coefficient (Wildman–Crippen LogP) is 7.20. The quantitative estimate of drug-likeness (QED) is 0.119. The Morgan fingerprint density at radius 2 is 1.65 bits per heavy atom. The van der Waals surface area contributed by atoms with Crippen LogP contribution in [0.3, 0.4) is 0 Å². The predicted molar refractivity (Wildman–Crippen MR) is 211 cm³/mol. The number of likely N-dealkylation sites (tertiary alicyclic amines) is 1. The molecule has 0 bridgehead atoms. The second-order valence-electron chi connectivity index (χ2n) is 15.6. The van der Waals surface area contributed by atoms with Crippen molar-refractivity contribution in [3.8, 4) is 11.1 Å². The minimum atomic E-state index is -4.37. The number of ether oxygens (including phenoxy) is 1. The summed E-state index contributed by atoms with van der Waals surface area (Å²) in [5, 5.41) is 14.9. The summed E-state index contributed by atoms with van der Waals surface area (Å²) in [5.74, 6) is -0.482. The number of rotatable bonds is 11.